The quantitative estimate of drug-likeness (QED) is 0.632. The molecule has 0 amide bonds. The van der Waals surface area contributed by atoms with E-state index < -0.39 is 0 Å². The summed E-state index contributed by atoms with van der Waals surface area (Å²) in [4.78, 5) is 12.8. The van der Waals surface area contributed by atoms with E-state index >= 15 is 0 Å². The van der Waals surface area contributed by atoms with Crippen LogP contribution in [0.2, 0.25) is 0 Å². The molecule has 2 aromatic rings. The second-order valence-electron chi connectivity index (χ2n) is 5.16. The van der Waals surface area contributed by atoms with Crippen LogP contribution in [0, 0.1) is 10.1 Å². The van der Waals surface area contributed by atoms with Crippen molar-refractivity contribution in [2.24, 2.45) is 0 Å². The van der Waals surface area contributed by atoms with Crippen LogP contribution in [0.15, 0.2) is 48.5 Å². The van der Waals surface area contributed by atoms with Crippen LogP contribution in [-0.2, 0) is 19.5 Å². The molecule has 0 aromatic heterocycles. The fourth-order valence-corrected chi connectivity index (χ4v) is 2.66. The molecule has 1 aliphatic heterocycles. The van der Waals surface area contributed by atoms with E-state index in [9.17, 15) is 10.1 Å². The molecule has 0 radical (unpaired) electrons. The molecule has 20 heavy (non-hydrogen) atoms. The number of benzene rings is 2. The van der Waals surface area contributed by atoms with E-state index in [2.05, 4.69) is 29.2 Å². The minimum atomic E-state index is -0.326. The van der Waals surface area contributed by atoms with Crippen molar-refractivity contribution in [1.29, 1.82) is 0 Å². The van der Waals surface area contributed by atoms with Crippen molar-refractivity contribution in [2.45, 2.75) is 19.5 Å². The zero-order valence-electron chi connectivity index (χ0n) is 11.2. The Morgan fingerprint density at radius 1 is 1.05 bits per heavy atom. The molecule has 0 fully saturated rings. The Morgan fingerprint density at radius 3 is 2.55 bits per heavy atom. The highest BCUT2D eigenvalue weighted by atomic mass is 16.6. The number of rotatable bonds is 4. The lowest BCUT2D eigenvalue weighted by Crippen LogP contribution is -2.19. The summed E-state index contributed by atoms with van der Waals surface area (Å²) in [5.74, 6) is 0. The maximum Gasteiger partial charge on any atom is 0.269 e. The summed E-state index contributed by atoms with van der Waals surface area (Å²) in [5.41, 5.74) is 3.82. The van der Waals surface area contributed by atoms with Crippen LogP contribution in [0.3, 0.4) is 0 Å². The molecule has 0 N–H and O–H groups in total. The van der Waals surface area contributed by atoms with Gasteiger partial charge >= 0.3 is 0 Å². The zero-order chi connectivity index (χ0) is 13.9. The largest absolute Gasteiger partial charge is 0.294 e. The lowest BCUT2D eigenvalue weighted by atomic mass is 10.1. The molecule has 4 nitrogen and oxygen atoms in total. The van der Waals surface area contributed by atoms with Gasteiger partial charge in [0.25, 0.3) is 5.69 Å². The standard InChI is InChI=1S/C16H16N2O2/c19-18(20)16-7-6-14-11-17(12-15(14)10-16)9-8-13-4-2-1-3-5-13/h1-7,10H,8-9,11-12H2. The highest BCUT2D eigenvalue weighted by molar-refractivity contribution is 5.41. The molecule has 3 rings (SSSR count). The lowest BCUT2D eigenvalue weighted by Gasteiger charge is -2.14. The van der Waals surface area contributed by atoms with E-state index in [-0.39, 0.29) is 10.6 Å². The second-order valence-corrected chi connectivity index (χ2v) is 5.16. The number of nitrogens with zero attached hydrogens (tertiary/aromatic N) is 2. The van der Waals surface area contributed by atoms with E-state index in [0.29, 0.717) is 0 Å². The van der Waals surface area contributed by atoms with Gasteiger partial charge in [-0.3, -0.25) is 15.0 Å². The molecule has 1 aliphatic rings. The van der Waals surface area contributed by atoms with Crippen LogP contribution in [0.5, 0.6) is 0 Å². The normalized spacial score (nSPS) is 14.2. The summed E-state index contributed by atoms with van der Waals surface area (Å²) in [5, 5.41) is 10.8. The Labute approximate surface area is 117 Å². The number of fused-ring (bicyclic) bond motifs is 1. The van der Waals surface area contributed by atoms with Gasteiger partial charge in [-0.15, -0.1) is 0 Å². The van der Waals surface area contributed by atoms with Crippen molar-refractivity contribution in [3.63, 3.8) is 0 Å². The topological polar surface area (TPSA) is 46.4 Å². The fourth-order valence-electron chi connectivity index (χ4n) is 2.66. The molecule has 0 bridgehead atoms. The summed E-state index contributed by atoms with van der Waals surface area (Å²) in [6.45, 7) is 2.68. The maximum absolute atomic E-state index is 10.8. The van der Waals surface area contributed by atoms with E-state index in [1.165, 1.54) is 11.1 Å². The first-order valence-corrected chi connectivity index (χ1v) is 6.75. The van der Waals surface area contributed by atoms with Crippen LogP contribution in [-0.4, -0.2) is 16.4 Å². The van der Waals surface area contributed by atoms with Gasteiger partial charge < -0.3 is 0 Å². The van der Waals surface area contributed by atoms with Gasteiger partial charge in [-0.2, -0.15) is 0 Å². The average molecular weight is 268 g/mol. The third kappa shape index (κ3) is 2.70. The van der Waals surface area contributed by atoms with Crippen molar-refractivity contribution in [3.8, 4) is 0 Å². The van der Waals surface area contributed by atoms with E-state index in [0.717, 1.165) is 31.6 Å². The summed E-state index contributed by atoms with van der Waals surface area (Å²) in [6.07, 6.45) is 1.01. The predicted octanol–water partition coefficient (Wildman–Crippen LogP) is 3.15. The molecular formula is C16H16N2O2. The summed E-state index contributed by atoms with van der Waals surface area (Å²) >= 11 is 0. The van der Waals surface area contributed by atoms with Gasteiger partial charge in [-0.05, 0) is 23.1 Å². The van der Waals surface area contributed by atoms with E-state index in [1.54, 1.807) is 12.1 Å². The monoisotopic (exact) mass is 268 g/mol. The minimum absolute atomic E-state index is 0.189. The van der Waals surface area contributed by atoms with Crippen LogP contribution in [0.4, 0.5) is 5.69 Å². The Morgan fingerprint density at radius 2 is 1.80 bits per heavy atom. The number of hydrogen-bond acceptors (Lipinski definition) is 3. The number of nitro groups is 1. The zero-order valence-corrected chi connectivity index (χ0v) is 11.2. The smallest absolute Gasteiger partial charge is 0.269 e. The van der Waals surface area contributed by atoms with Gasteiger partial charge in [-0.1, -0.05) is 36.4 Å². The Balaban J connectivity index is 1.64. The average Bonchev–Trinajstić information content (AvgIpc) is 2.88. The SMILES string of the molecule is O=[N+]([O-])c1ccc2c(c1)CN(CCc1ccccc1)C2. The highest BCUT2D eigenvalue weighted by Gasteiger charge is 2.20. The van der Waals surface area contributed by atoms with E-state index in [4.69, 9.17) is 0 Å². The fraction of sp³-hybridized carbons (Fsp3) is 0.250. The van der Waals surface area contributed by atoms with E-state index in [1.807, 2.05) is 12.1 Å². The molecule has 0 saturated heterocycles. The minimum Gasteiger partial charge on any atom is -0.294 e. The molecule has 4 heteroatoms. The number of nitro benzene ring substituents is 1. The van der Waals surface area contributed by atoms with Gasteiger partial charge in [0.15, 0.2) is 0 Å². The molecular weight excluding hydrogens is 252 g/mol. The first kappa shape index (κ1) is 12.8. The van der Waals surface area contributed by atoms with Crippen LogP contribution < -0.4 is 0 Å². The predicted molar refractivity (Wildman–Crippen MR) is 77.4 cm³/mol. The van der Waals surface area contributed by atoms with Gasteiger partial charge in [0.2, 0.25) is 0 Å². The van der Waals surface area contributed by atoms with Crippen molar-refractivity contribution in [3.05, 3.63) is 75.3 Å². The molecule has 1 heterocycles. The summed E-state index contributed by atoms with van der Waals surface area (Å²) in [6, 6.07) is 15.6. The second kappa shape index (κ2) is 5.43. The van der Waals surface area contributed by atoms with Crippen LogP contribution >= 0.6 is 0 Å². The Bertz CT molecular complexity index is 626. The molecule has 102 valence electrons. The van der Waals surface area contributed by atoms with Gasteiger partial charge in [0.1, 0.15) is 0 Å². The van der Waals surface area contributed by atoms with Crippen molar-refractivity contribution in [2.75, 3.05) is 6.54 Å². The van der Waals surface area contributed by atoms with Crippen molar-refractivity contribution < 1.29 is 4.92 Å². The van der Waals surface area contributed by atoms with Crippen LogP contribution in [0.1, 0.15) is 16.7 Å². The number of non-ortho nitro benzene ring substituents is 1. The molecule has 0 spiro atoms. The first-order valence-electron chi connectivity index (χ1n) is 6.75. The van der Waals surface area contributed by atoms with Gasteiger partial charge in [0, 0.05) is 31.8 Å². The molecule has 0 saturated carbocycles. The summed E-state index contributed by atoms with van der Waals surface area (Å²) in [7, 11) is 0. The third-order valence-corrected chi connectivity index (χ3v) is 3.75. The Hall–Kier alpha value is -2.20. The Kier molecular flexibility index (Phi) is 3.48. The first-order chi connectivity index (χ1) is 9.72. The molecule has 0 aliphatic carbocycles. The van der Waals surface area contributed by atoms with Crippen molar-refractivity contribution in [1.82, 2.24) is 4.90 Å². The number of hydrogen-bond donors (Lipinski definition) is 0. The van der Waals surface area contributed by atoms with Crippen molar-refractivity contribution >= 4 is 5.69 Å². The molecule has 0 unspecified atom stereocenters. The van der Waals surface area contributed by atoms with Gasteiger partial charge in [-0.25, -0.2) is 0 Å². The maximum atomic E-state index is 10.8. The molecule has 2 aromatic carbocycles. The van der Waals surface area contributed by atoms with Crippen LogP contribution in [0.25, 0.3) is 0 Å². The lowest BCUT2D eigenvalue weighted by molar-refractivity contribution is -0.384. The van der Waals surface area contributed by atoms with Gasteiger partial charge in [0.05, 0.1) is 4.92 Å². The highest BCUT2D eigenvalue weighted by Crippen LogP contribution is 2.26. The third-order valence-electron chi connectivity index (χ3n) is 3.75. The summed E-state index contributed by atoms with van der Waals surface area (Å²) < 4.78 is 0. The molecule has 0 atom stereocenters.